The molecule has 51 heavy (non-hydrogen) atoms. The van der Waals surface area contributed by atoms with Crippen LogP contribution in [0.2, 0.25) is 0 Å². The van der Waals surface area contributed by atoms with Crippen LogP contribution in [0.3, 0.4) is 0 Å². The van der Waals surface area contributed by atoms with Gasteiger partial charge in [0.05, 0.1) is 49.3 Å². The monoisotopic (exact) mass is 718 g/mol. The number of hydrogen-bond donors (Lipinski definition) is 0. The molecule has 0 unspecified atom stereocenters. The number of aromatic nitrogens is 2. The molecule has 14 heteroatoms. The fraction of sp³-hybridized carbons (Fsp3) is 0.351. The predicted octanol–water partition coefficient (Wildman–Crippen LogP) is 4.64. The molecule has 0 saturated heterocycles. The van der Waals surface area contributed by atoms with Gasteiger partial charge in [0, 0.05) is 36.6 Å². The summed E-state index contributed by atoms with van der Waals surface area (Å²) in [5, 5.41) is 20.9. The van der Waals surface area contributed by atoms with Crippen molar-refractivity contribution in [2.75, 3.05) is 18.6 Å². The third kappa shape index (κ3) is 10.4. The van der Waals surface area contributed by atoms with E-state index in [0.717, 1.165) is 24.6 Å². The first kappa shape index (κ1) is 41.2. The van der Waals surface area contributed by atoms with Gasteiger partial charge in [-0.3, -0.25) is 0 Å². The van der Waals surface area contributed by atoms with Crippen molar-refractivity contribution < 1.29 is 70.9 Å². The number of halogens is 5. The first-order chi connectivity index (χ1) is 23.3. The normalized spacial score (nSPS) is 11.8. The molecule has 0 atom stereocenters. The summed E-state index contributed by atoms with van der Waals surface area (Å²) in [6.45, 7) is 6.92. The van der Waals surface area contributed by atoms with Gasteiger partial charge < -0.3 is 24.3 Å². The minimum atomic E-state index is -4.74. The van der Waals surface area contributed by atoms with Gasteiger partial charge in [-0.15, -0.1) is 0 Å². The van der Waals surface area contributed by atoms with Crippen LogP contribution >= 0.6 is 0 Å². The van der Waals surface area contributed by atoms with Crippen molar-refractivity contribution in [2.24, 2.45) is 5.41 Å². The largest absolute Gasteiger partial charge is 1.00 e. The summed E-state index contributed by atoms with van der Waals surface area (Å²) in [7, 11) is 1.49. The zero-order valence-corrected chi connectivity index (χ0v) is 31.4. The van der Waals surface area contributed by atoms with Crippen molar-refractivity contribution in [3.8, 4) is 28.7 Å². The first-order valence-electron chi connectivity index (χ1n) is 15.5. The Morgan fingerprint density at radius 3 is 2.14 bits per heavy atom. The Kier molecular flexibility index (Phi) is 13.2. The van der Waals surface area contributed by atoms with E-state index in [1.165, 1.54) is 56.4 Å². The summed E-state index contributed by atoms with van der Waals surface area (Å²) in [5.41, 5.74) is -0.302. The molecule has 0 radical (unpaired) electrons. The van der Waals surface area contributed by atoms with Crippen molar-refractivity contribution in [2.45, 2.75) is 65.7 Å². The summed E-state index contributed by atoms with van der Waals surface area (Å²) in [6, 6.07) is 14.5. The molecule has 0 spiro atoms. The average molecular weight is 719 g/mol. The smallest absolute Gasteiger partial charge is 0.549 e. The Balaban J connectivity index is 0.00000702. The molecular weight excluding hydrogens is 682 g/mol. The molecule has 0 amide bonds. The second kappa shape index (κ2) is 16.4. The van der Waals surface area contributed by atoms with Crippen LogP contribution in [0.5, 0.6) is 11.5 Å². The summed E-state index contributed by atoms with van der Waals surface area (Å²) in [5.74, 6) is -3.84. The molecule has 0 N–H and O–H groups in total. The van der Waals surface area contributed by atoms with Crippen molar-refractivity contribution in [1.82, 2.24) is 9.97 Å². The van der Waals surface area contributed by atoms with Gasteiger partial charge in [0.25, 0.3) is 5.92 Å². The number of rotatable bonds is 13. The number of methoxy groups -OCH3 is 1. The fourth-order valence-electron chi connectivity index (χ4n) is 5.06. The molecule has 1 heterocycles. The number of benzene rings is 3. The number of ether oxygens (including phenoxy) is 2. The van der Waals surface area contributed by atoms with E-state index in [1.54, 1.807) is 18.2 Å². The molecule has 1 aromatic heterocycles. The van der Waals surface area contributed by atoms with Gasteiger partial charge in [0.15, 0.2) is 5.75 Å². The van der Waals surface area contributed by atoms with E-state index in [2.05, 4.69) is 9.97 Å². The zero-order valence-electron chi connectivity index (χ0n) is 29.4. The number of alkyl halides is 5. The molecule has 0 saturated carbocycles. The van der Waals surface area contributed by atoms with Crippen LogP contribution in [0.15, 0.2) is 67.0 Å². The SMILES string of the molecule is COc1ccc(C(C)C)cc1-c1ccc(C(C)(F)F)cc1CN(Cc1cc(C#N)cc(C(F)(F)F)c1)c1ncc(OCC(C)(C)C(=O)[O-])cn1.[Na+]. The molecular formula is C37H36F5N4NaO4. The molecule has 0 aliphatic rings. The van der Waals surface area contributed by atoms with Crippen molar-refractivity contribution in [3.63, 3.8) is 0 Å². The third-order valence-corrected chi connectivity index (χ3v) is 8.03. The summed E-state index contributed by atoms with van der Waals surface area (Å²) in [6.07, 6.45) is -2.21. The van der Waals surface area contributed by atoms with Gasteiger partial charge in [-0.05, 0) is 64.6 Å². The standard InChI is InChI=1S/C37H37F5N4O4.Na/c1-22(2)25-7-10-32(49-6)31(15-25)30-9-8-27(36(5,38)39)14-26(30)20-46(19-24-11-23(16-43)12-28(13-24)37(40,41)42)34-44-17-29(18-45-34)50-21-35(3,4)33(47)48;/h7-15,17-18,22H,19-21H2,1-6H3,(H,47,48);/q;+1/p-1. The topological polar surface area (TPSA) is 111 Å². The van der Waals surface area contributed by atoms with Gasteiger partial charge >= 0.3 is 35.7 Å². The summed E-state index contributed by atoms with van der Waals surface area (Å²) < 4.78 is 82.1. The van der Waals surface area contributed by atoms with Crippen molar-refractivity contribution in [3.05, 3.63) is 100 Å². The van der Waals surface area contributed by atoms with E-state index in [-0.39, 0.29) is 83.6 Å². The average Bonchev–Trinajstić information content (AvgIpc) is 3.06. The van der Waals surface area contributed by atoms with Gasteiger partial charge in [0.1, 0.15) is 5.75 Å². The first-order valence-corrected chi connectivity index (χ1v) is 15.5. The van der Waals surface area contributed by atoms with Crippen molar-refractivity contribution >= 4 is 11.9 Å². The van der Waals surface area contributed by atoms with Crippen LogP contribution in [-0.2, 0) is 30.0 Å². The maximum Gasteiger partial charge on any atom is 1.00 e. The van der Waals surface area contributed by atoms with Gasteiger partial charge in [0.2, 0.25) is 5.95 Å². The van der Waals surface area contributed by atoms with E-state index >= 15 is 0 Å². The number of nitrogens with zero attached hydrogens (tertiary/aromatic N) is 4. The van der Waals surface area contributed by atoms with Gasteiger partial charge in [-0.1, -0.05) is 45.9 Å². The number of aliphatic carboxylic acids is 1. The Hall–Kier alpha value is -4.25. The molecule has 3 aromatic carbocycles. The van der Waals surface area contributed by atoms with Gasteiger partial charge in [-0.2, -0.15) is 18.4 Å². The maximum absolute atomic E-state index is 14.7. The number of carbonyl (C=O) groups is 1. The molecule has 0 fully saturated rings. The Labute approximate surface area is 315 Å². The van der Waals surface area contributed by atoms with Crippen LogP contribution in [0.25, 0.3) is 11.1 Å². The summed E-state index contributed by atoms with van der Waals surface area (Å²) >= 11 is 0. The quantitative estimate of drug-likeness (QED) is 0.145. The molecule has 4 aromatic rings. The predicted molar refractivity (Wildman–Crippen MR) is 174 cm³/mol. The Bertz CT molecular complexity index is 1890. The molecule has 264 valence electrons. The molecule has 0 aliphatic heterocycles. The molecule has 0 bridgehead atoms. The van der Waals surface area contributed by atoms with Crippen LogP contribution in [0, 0.1) is 16.7 Å². The van der Waals surface area contributed by atoms with E-state index in [1.807, 2.05) is 26.0 Å². The number of hydrogen-bond acceptors (Lipinski definition) is 8. The number of carboxylic acid groups (broad SMARTS) is 1. The maximum atomic E-state index is 14.7. The molecule has 0 aliphatic carbocycles. The minimum Gasteiger partial charge on any atom is -0.549 e. The Morgan fingerprint density at radius 1 is 0.922 bits per heavy atom. The van der Waals surface area contributed by atoms with Crippen LogP contribution in [0.4, 0.5) is 27.9 Å². The number of carboxylic acids is 1. The molecule has 8 nitrogen and oxygen atoms in total. The van der Waals surface area contributed by atoms with Crippen LogP contribution in [-0.4, -0.2) is 29.7 Å². The van der Waals surface area contributed by atoms with Crippen LogP contribution in [0.1, 0.15) is 73.9 Å². The second-order valence-electron chi connectivity index (χ2n) is 12.9. The number of nitriles is 1. The second-order valence-corrected chi connectivity index (χ2v) is 12.9. The van der Waals surface area contributed by atoms with Gasteiger partial charge in [-0.25, -0.2) is 18.7 Å². The molecule has 4 rings (SSSR count). The number of carbonyl (C=O) groups excluding carboxylic acids is 1. The zero-order chi connectivity index (χ0) is 37.0. The number of anilines is 1. The van der Waals surface area contributed by atoms with E-state index in [0.29, 0.717) is 22.4 Å². The fourth-order valence-corrected chi connectivity index (χ4v) is 5.06. The minimum absolute atomic E-state index is 0. The van der Waals surface area contributed by atoms with E-state index in [9.17, 15) is 37.1 Å². The Morgan fingerprint density at radius 2 is 1.59 bits per heavy atom. The van der Waals surface area contributed by atoms with E-state index < -0.39 is 29.0 Å². The van der Waals surface area contributed by atoms with Crippen LogP contribution < -0.4 is 49.0 Å². The third-order valence-electron chi connectivity index (χ3n) is 8.03. The van der Waals surface area contributed by atoms with E-state index in [4.69, 9.17) is 9.47 Å². The summed E-state index contributed by atoms with van der Waals surface area (Å²) in [4.78, 5) is 21.6. The van der Waals surface area contributed by atoms with Crippen molar-refractivity contribution in [1.29, 1.82) is 5.26 Å².